The Bertz CT molecular complexity index is 3080. The van der Waals surface area contributed by atoms with Crippen LogP contribution in [0.3, 0.4) is 0 Å². The van der Waals surface area contributed by atoms with Crippen molar-refractivity contribution in [2.45, 2.75) is 137 Å². The molecule has 432 valence electrons. The molecule has 0 unspecified atom stereocenters. The lowest BCUT2D eigenvalue weighted by molar-refractivity contribution is -0.144. The smallest absolute Gasteiger partial charge is 0.320 e. The van der Waals surface area contributed by atoms with E-state index in [9.17, 15) is 14.7 Å². The first-order valence-electron chi connectivity index (χ1n) is 29.5. The van der Waals surface area contributed by atoms with Crippen molar-refractivity contribution in [1.82, 2.24) is 19.8 Å². The summed E-state index contributed by atoms with van der Waals surface area (Å²) >= 11 is 0. The van der Waals surface area contributed by atoms with E-state index in [4.69, 9.17) is 18.6 Å². The standard InChI is InChI=1S/C36H45N3O3.C34H41N3O3/c1-5-11-30(12-6-2)31-17-15-29(16-18-31)23-38(4)33-21-19-32(20-22-33)34-27-42-35(37-34)25-39(26-36(40)41-7-3)24-28-13-9-8-10-14-28;1-4-9-28(10-5-2)29-15-13-27(14-16-29)21-36(3)31-19-17-30(18-20-31)32-25-40-33(35-32)23-37(24-34(38)39)22-26-11-7-6-8-12-26/h8-10,13-22,27,30H,5-7,11-12,23-26H2,1-4H3;6-8,11-20,25,28H,4-5,9-10,21-24H2,1-3H3,(H,38,39). The largest absolute Gasteiger partial charge is 0.480 e. The Morgan fingerprint density at radius 3 is 1.18 bits per heavy atom. The van der Waals surface area contributed by atoms with Crippen LogP contribution in [0.25, 0.3) is 22.5 Å². The van der Waals surface area contributed by atoms with Gasteiger partial charge in [-0.05, 0) is 102 Å². The Labute approximate surface area is 487 Å². The van der Waals surface area contributed by atoms with Gasteiger partial charge in [0, 0.05) is 62.8 Å². The molecule has 82 heavy (non-hydrogen) atoms. The van der Waals surface area contributed by atoms with Gasteiger partial charge in [-0.3, -0.25) is 19.4 Å². The Kier molecular flexibility index (Phi) is 24.6. The Morgan fingerprint density at radius 2 is 0.829 bits per heavy atom. The molecule has 6 aromatic carbocycles. The second-order valence-electron chi connectivity index (χ2n) is 21.6. The van der Waals surface area contributed by atoms with Crippen LogP contribution in [0.1, 0.15) is 143 Å². The number of rotatable bonds is 31. The number of ether oxygens (including phenoxy) is 1. The number of carboxylic acid groups (broad SMARTS) is 1. The van der Waals surface area contributed by atoms with Crippen molar-refractivity contribution >= 4 is 23.3 Å². The van der Waals surface area contributed by atoms with Crippen LogP contribution in [-0.4, -0.2) is 70.6 Å². The van der Waals surface area contributed by atoms with Crippen molar-refractivity contribution in [1.29, 1.82) is 0 Å². The van der Waals surface area contributed by atoms with E-state index in [1.54, 1.807) is 12.5 Å². The van der Waals surface area contributed by atoms with E-state index < -0.39 is 5.97 Å². The normalized spacial score (nSPS) is 11.3. The molecule has 0 fully saturated rings. The summed E-state index contributed by atoms with van der Waals surface area (Å²) in [6, 6.07) is 54.9. The highest BCUT2D eigenvalue weighted by molar-refractivity contribution is 5.71. The predicted molar refractivity (Wildman–Crippen MR) is 331 cm³/mol. The Hall–Kier alpha value is -7.80. The average molecular weight is 1110 g/mol. The van der Waals surface area contributed by atoms with Crippen molar-refractivity contribution in [2.75, 3.05) is 43.6 Å². The lowest BCUT2D eigenvalue weighted by Crippen LogP contribution is -2.30. The van der Waals surface area contributed by atoms with E-state index in [1.807, 2.05) is 77.4 Å². The molecule has 0 radical (unpaired) electrons. The monoisotopic (exact) mass is 1110 g/mol. The molecule has 0 saturated heterocycles. The van der Waals surface area contributed by atoms with Crippen molar-refractivity contribution in [2.24, 2.45) is 0 Å². The average Bonchev–Trinajstić information content (AvgIpc) is 4.18. The molecule has 0 saturated carbocycles. The molecule has 0 aliphatic heterocycles. The van der Waals surface area contributed by atoms with Crippen LogP contribution in [-0.2, 0) is 53.6 Å². The number of esters is 1. The molecule has 0 amide bonds. The van der Waals surface area contributed by atoms with Gasteiger partial charge in [0.15, 0.2) is 0 Å². The zero-order valence-corrected chi connectivity index (χ0v) is 49.5. The molecule has 0 spiro atoms. The molecule has 0 aliphatic rings. The zero-order valence-electron chi connectivity index (χ0n) is 49.5. The highest BCUT2D eigenvalue weighted by Gasteiger charge is 2.19. The van der Waals surface area contributed by atoms with Gasteiger partial charge in [-0.1, -0.05) is 187 Å². The molecular formula is C70H86N6O6. The van der Waals surface area contributed by atoms with E-state index in [-0.39, 0.29) is 19.1 Å². The number of carbonyl (C=O) groups is 2. The first-order chi connectivity index (χ1) is 39.9. The zero-order chi connectivity index (χ0) is 58.1. The van der Waals surface area contributed by atoms with Crippen molar-refractivity contribution in [3.8, 4) is 22.5 Å². The number of hydrogen-bond acceptors (Lipinski definition) is 11. The predicted octanol–water partition coefficient (Wildman–Crippen LogP) is 16.0. The molecule has 0 aliphatic carbocycles. The Morgan fingerprint density at radius 1 is 0.463 bits per heavy atom. The van der Waals surface area contributed by atoms with Crippen LogP contribution in [0.15, 0.2) is 179 Å². The summed E-state index contributed by atoms with van der Waals surface area (Å²) in [5.41, 5.74) is 13.4. The third-order valence-electron chi connectivity index (χ3n) is 14.8. The minimum Gasteiger partial charge on any atom is -0.480 e. The third kappa shape index (κ3) is 19.4. The van der Waals surface area contributed by atoms with Gasteiger partial charge in [0.1, 0.15) is 23.9 Å². The molecule has 0 bridgehead atoms. The lowest BCUT2D eigenvalue weighted by atomic mass is 9.90. The number of aromatic nitrogens is 2. The third-order valence-corrected chi connectivity index (χ3v) is 14.8. The van der Waals surface area contributed by atoms with E-state index in [2.05, 4.69) is 154 Å². The van der Waals surface area contributed by atoms with Gasteiger partial charge in [-0.2, -0.15) is 0 Å². The van der Waals surface area contributed by atoms with Crippen molar-refractivity contribution in [3.05, 3.63) is 215 Å². The minimum atomic E-state index is -0.879. The second-order valence-corrected chi connectivity index (χ2v) is 21.6. The number of benzene rings is 6. The quantitative estimate of drug-likeness (QED) is 0.0415. The maximum absolute atomic E-state index is 12.2. The summed E-state index contributed by atoms with van der Waals surface area (Å²) in [6.45, 7) is 14.8. The topological polar surface area (TPSA) is 129 Å². The maximum Gasteiger partial charge on any atom is 0.320 e. The van der Waals surface area contributed by atoms with E-state index in [1.165, 1.54) is 73.6 Å². The van der Waals surface area contributed by atoms with Crippen LogP contribution in [0, 0.1) is 0 Å². The number of carbonyl (C=O) groups excluding carboxylic acids is 1. The summed E-state index contributed by atoms with van der Waals surface area (Å²) in [6.07, 6.45) is 13.2. The molecule has 12 heteroatoms. The summed E-state index contributed by atoms with van der Waals surface area (Å²) in [5.74, 6) is 1.26. The van der Waals surface area contributed by atoms with Gasteiger partial charge >= 0.3 is 11.9 Å². The molecule has 2 aromatic heterocycles. The molecule has 0 atom stereocenters. The molecule has 12 nitrogen and oxygen atoms in total. The van der Waals surface area contributed by atoms with Crippen molar-refractivity contribution in [3.63, 3.8) is 0 Å². The summed E-state index contributed by atoms with van der Waals surface area (Å²) in [4.78, 5) is 41.3. The maximum atomic E-state index is 12.2. The summed E-state index contributed by atoms with van der Waals surface area (Å²) in [7, 11) is 4.23. The first kappa shape index (κ1) is 61.8. The second kappa shape index (κ2) is 32.6. The highest BCUT2D eigenvalue weighted by Crippen LogP contribution is 2.30. The lowest BCUT2D eigenvalue weighted by Gasteiger charge is -2.21. The number of oxazole rings is 2. The number of carboxylic acids is 1. The number of aliphatic carboxylic acids is 1. The molecule has 1 N–H and O–H groups in total. The highest BCUT2D eigenvalue weighted by atomic mass is 16.5. The fraction of sp³-hybridized carbons (Fsp3) is 0.371. The fourth-order valence-corrected chi connectivity index (χ4v) is 10.7. The van der Waals surface area contributed by atoms with Gasteiger partial charge in [0.2, 0.25) is 11.8 Å². The van der Waals surface area contributed by atoms with Crippen LogP contribution < -0.4 is 9.80 Å². The fourth-order valence-electron chi connectivity index (χ4n) is 10.7. The van der Waals surface area contributed by atoms with E-state index in [0.29, 0.717) is 56.4 Å². The van der Waals surface area contributed by atoms with E-state index >= 15 is 0 Å². The van der Waals surface area contributed by atoms with Crippen LogP contribution in [0.2, 0.25) is 0 Å². The van der Waals surface area contributed by atoms with Gasteiger partial charge in [-0.15, -0.1) is 0 Å². The summed E-state index contributed by atoms with van der Waals surface area (Å²) in [5, 5.41) is 9.36. The van der Waals surface area contributed by atoms with Crippen LogP contribution >= 0.6 is 0 Å². The number of hydrogen-bond donors (Lipinski definition) is 1. The van der Waals surface area contributed by atoms with Gasteiger partial charge in [0.25, 0.3) is 0 Å². The Balaban J connectivity index is 0.000000236. The minimum absolute atomic E-state index is 0.0889. The van der Waals surface area contributed by atoms with Gasteiger partial charge in [0.05, 0.1) is 32.8 Å². The summed E-state index contributed by atoms with van der Waals surface area (Å²) < 4.78 is 16.7. The SMILES string of the molecule is CCCC(CCC)c1ccc(CN(C)c2ccc(-c3coc(CN(CC(=O)O)Cc4ccccc4)n3)cc2)cc1.CCCC(CCC)c1ccc(CN(C)c2ccc(-c3coc(CN(CC(=O)OCC)Cc4ccccc4)n3)cc2)cc1. The van der Waals surface area contributed by atoms with Crippen LogP contribution in [0.5, 0.6) is 0 Å². The molecule has 8 aromatic rings. The molecule has 8 rings (SSSR count). The van der Waals surface area contributed by atoms with E-state index in [0.717, 1.165) is 58.1 Å². The van der Waals surface area contributed by atoms with Gasteiger partial charge in [-0.25, -0.2) is 9.97 Å². The van der Waals surface area contributed by atoms with Crippen molar-refractivity contribution < 1.29 is 28.3 Å². The number of nitrogens with zero attached hydrogens (tertiary/aromatic N) is 6. The van der Waals surface area contributed by atoms with Gasteiger partial charge < -0.3 is 28.5 Å². The molecule has 2 heterocycles. The number of anilines is 2. The first-order valence-corrected chi connectivity index (χ1v) is 29.5. The van der Waals surface area contributed by atoms with Crippen LogP contribution in [0.4, 0.5) is 11.4 Å². The molecular weight excluding hydrogens is 1020 g/mol.